The minimum atomic E-state index is -0.266. The standard InChI is InChI=1S/C14H13N3O2S2/c1-10(18)9-20-14-17-16-13(21-14)15-12(19)8-7-11-5-3-2-4-6-11/h2-8H,9H2,1H3,(H,15,16,19)/b8-7+. The molecule has 0 atom stereocenters. The number of nitrogens with zero attached hydrogens (tertiary/aromatic N) is 2. The summed E-state index contributed by atoms with van der Waals surface area (Å²) in [6.45, 7) is 1.52. The van der Waals surface area contributed by atoms with Gasteiger partial charge in [-0.05, 0) is 18.6 Å². The second-order valence-electron chi connectivity index (χ2n) is 4.10. The van der Waals surface area contributed by atoms with Crippen molar-refractivity contribution in [3.05, 3.63) is 42.0 Å². The summed E-state index contributed by atoms with van der Waals surface area (Å²) >= 11 is 2.56. The number of anilines is 1. The van der Waals surface area contributed by atoms with E-state index in [0.29, 0.717) is 15.2 Å². The van der Waals surface area contributed by atoms with Crippen molar-refractivity contribution in [2.45, 2.75) is 11.3 Å². The Balaban J connectivity index is 1.88. The molecule has 1 aromatic carbocycles. The van der Waals surface area contributed by atoms with E-state index in [1.54, 1.807) is 6.08 Å². The van der Waals surface area contributed by atoms with Crippen molar-refractivity contribution in [1.82, 2.24) is 10.2 Å². The van der Waals surface area contributed by atoms with E-state index < -0.39 is 0 Å². The molecule has 0 radical (unpaired) electrons. The van der Waals surface area contributed by atoms with Gasteiger partial charge in [-0.15, -0.1) is 10.2 Å². The number of amides is 1. The number of hydrogen-bond acceptors (Lipinski definition) is 6. The van der Waals surface area contributed by atoms with E-state index >= 15 is 0 Å². The van der Waals surface area contributed by atoms with Gasteiger partial charge in [0.2, 0.25) is 11.0 Å². The molecular weight excluding hydrogens is 306 g/mol. The number of carbonyl (C=O) groups is 2. The molecule has 0 unspecified atom stereocenters. The van der Waals surface area contributed by atoms with Gasteiger partial charge in [-0.25, -0.2) is 0 Å². The average Bonchev–Trinajstić information content (AvgIpc) is 2.91. The van der Waals surface area contributed by atoms with E-state index in [9.17, 15) is 9.59 Å². The molecule has 1 aromatic heterocycles. The van der Waals surface area contributed by atoms with Crippen LogP contribution < -0.4 is 5.32 Å². The number of aromatic nitrogens is 2. The number of ketones is 1. The molecule has 21 heavy (non-hydrogen) atoms. The van der Waals surface area contributed by atoms with Gasteiger partial charge >= 0.3 is 0 Å². The van der Waals surface area contributed by atoms with Crippen LogP contribution in [0.4, 0.5) is 5.13 Å². The predicted octanol–water partition coefficient (Wildman–Crippen LogP) is 2.87. The lowest BCUT2D eigenvalue weighted by Crippen LogP contribution is -2.07. The molecule has 0 aliphatic carbocycles. The maximum absolute atomic E-state index is 11.7. The molecule has 0 saturated carbocycles. The van der Waals surface area contributed by atoms with Crippen LogP contribution in [-0.4, -0.2) is 27.6 Å². The molecule has 2 rings (SSSR count). The monoisotopic (exact) mass is 319 g/mol. The van der Waals surface area contributed by atoms with Crippen LogP contribution in [0, 0.1) is 0 Å². The Kier molecular flexibility index (Phi) is 5.65. The summed E-state index contributed by atoms with van der Waals surface area (Å²) < 4.78 is 0.660. The number of nitrogens with one attached hydrogen (secondary N) is 1. The number of thioether (sulfide) groups is 1. The fraction of sp³-hybridized carbons (Fsp3) is 0.143. The zero-order chi connectivity index (χ0) is 15.1. The van der Waals surface area contributed by atoms with Gasteiger partial charge in [0.15, 0.2) is 4.34 Å². The van der Waals surface area contributed by atoms with Crippen LogP contribution in [0.2, 0.25) is 0 Å². The van der Waals surface area contributed by atoms with Gasteiger partial charge in [-0.2, -0.15) is 0 Å². The summed E-state index contributed by atoms with van der Waals surface area (Å²) in [5.41, 5.74) is 0.947. The minimum Gasteiger partial charge on any atom is -0.299 e. The highest BCUT2D eigenvalue weighted by atomic mass is 32.2. The summed E-state index contributed by atoms with van der Waals surface area (Å²) in [7, 11) is 0. The minimum absolute atomic E-state index is 0.0755. The van der Waals surface area contributed by atoms with Crippen LogP contribution in [0.5, 0.6) is 0 Å². The summed E-state index contributed by atoms with van der Waals surface area (Å²) in [5.74, 6) is 0.168. The van der Waals surface area contributed by atoms with Crippen molar-refractivity contribution in [3.63, 3.8) is 0 Å². The van der Waals surface area contributed by atoms with Crippen LogP contribution in [0.1, 0.15) is 12.5 Å². The predicted molar refractivity (Wildman–Crippen MR) is 85.4 cm³/mol. The highest BCUT2D eigenvalue weighted by Crippen LogP contribution is 2.25. The van der Waals surface area contributed by atoms with Crippen LogP contribution in [0.25, 0.3) is 6.08 Å². The molecule has 1 heterocycles. The van der Waals surface area contributed by atoms with Crippen molar-refractivity contribution < 1.29 is 9.59 Å². The van der Waals surface area contributed by atoms with Gasteiger partial charge in [0, 0.05) is 6.08 Å². The second-order valence-corrected chi connectivity index (χ2v) is 6.30. The third-order valence-corrected chi connectivity index (χ3v) is 4.38. The maximum Gasteiger partial charge on any atom is 0.250 e. The lowest BCUT2D eigenvalue weighted by molar-refractivity contribution is -0.114. The number of carbonyl (C=O) groups excluding carboxylic acids is 2. The molecule has 1 amide bonds. The van der Waals surface area contributed by atoms with E-state index in [0.717, 1.165) is 5.56 Å². The lowest BCUT2D eigenvalue weighted by atomic mass is 10.2. The molecule has 108 valence electrons. The Labute approximate surface area is 130 Å². The SMILES string of the molecule is CC(=O)CSc1nnc(NC(=O)/C=C/c2ccccc2)s1. The van der Waals surface area contributed by atoms with Gasteiger partial charge in [0.05, 0.1) is 5.75 Å². The van der Waals surface area contributed by atoms with Crippen LogP contribution in [-0.2, 0) is 9.59 Å². The van der Waals surface area contributed by atoms with Gasteiger partial charge in [0.1, 0.15) is 5.78 Å². The van der Waals surface area contributed by atoms with Crippen molar-refractivity contribution in [3.8, 4) is 0 Å². The number of hydrogen-bond donors (Lipinski definition) is 1. The highest BCUT2D eigenvalue weighted by molar-refractivity contribution is 8.01. The summed E-state index contributed by atoms with van der Waals surface area (Å²) in [6.07, 6.45) is 3.17. The zero-order valence-electron chi connectivity index (χ0n) is 11.3. The normalized spacial score (nSPS) is 10.7. The Morgan fingerprint density at radius 2 is 2.05 bits per heavy atom. The van der Waals surface area contributed by atoms with Crippen molar-refractivity contribution in [2.75, 3.05) is 11.1 Å². The molecule has 7 heteroatoms. The smallest absolute Gasteiger partial charge is 0.250 e. The first kappa shape index (κ1) is 15.4. The lowest BCUT2D eigenvalue weighted by Gasteiger charge is -1.95. The van der Waals surface area contributed by atoms with Gasteiger partial charge in [-0.1, -0.05) is 53.4 Å². The fourth-order valence-electron chi connectivity index (χ4n) is 1.37. The van der Waals surface area contributed by atoms with Crippen molar-refractivity contribution in [1.29, 1.82) is 0 Å². The van der Waals surface area contributed by atoms with Gasteiger partial charge in [0.25, 0.3) is 0 Å². The zero-order valence-corrected chi connectivity index (χ0v) is 12.9. The number of Topliss-reactive ketones (excluding diaryl/α,β-unsaturated/α-hetero) is 1. The molecule has 1 N–H and O–H groups in total. The second kappa shape index (κ2) is 7.70. The molecular formula is C14H13N3O2S2. The molecule has 0 fully saturated rings. The number of benzene rings is 1. The third kappa shape index (κ3) is 5.49. The van der Waals surface area contributed by atoms with Crippen LogP contribution in [0.3, 0.4) is 0 Å². The maximum atomic E-state index is 11.7. The first-order valence-corrected chi connectivity index (χ1v) is 7.93. The summed E-state index contributed by atoms with van der Waals surface area (Å²) in [6, 6.07) is 9.54. The quantitative estimate of drug-likeness (QED) is 0.503. The molecule has 5 nitrogen and oxygen atoms in total. The molecule has 0 spiro atoms. The largest absolute Gasteiger partial charge is 0.299 e. The van der Waals surface area contributed by atoms with Crippen molar-refractivity contribution >= 4 is 46.0 Å². The van der Waals surface area contributed by atoms with E-state index in [-0.39, 0.29) is 11.7 Å². The van der Waals surface area contributed by atoms with E-state index in [4.69, 9.17) is 0 Å². The first-order chi connectivity index (χ1) is 10.1. The van der Waals surface area contributed by atoms with Crippen LogP contribution in [0.15, 0.2) is 40.7 Å². The summed E-state index contributed by atoms with van der Waals surface area (Å²) in [5, 5.41) is 10.8. The summed E-state index contributed by atoms with van der Waals surface area (Å²) in [4.78, 5) is 22.6. The van der Waals surface area contributed by atoms with E-state index in [1.807, 2.05) is 30.3 Å². The third-order valence-electron chi connectivity index (χ3n) is 2.26. The molecule has 0 bridgehead atoms. The molecule has 2 aromatic rings. The topological polar surface area (TPSA) is 72.0 Å². The van der Waals surface area contributed by atoms with E-state index in [2.05, 4.69) is 15.5 Å². The van der Waals surface area contributed by atoms with Gasteiger partial charge < -0.3 is 0 Å². The molecule has 0 aliphatic rings. The first-order valence-electron chi connectivity index (χ1n) is 6.13. The fourth-order valence-corrected chi connectivity index (χ4v) is 2.92. The Bertz CT molecular complexity index is 653. The molecule has 0 aliphatic heterocycles. The Morgan fingerprint density at radius 1 is 1.29 bits per heavy atom. The Morgan fingerprint density at radius 3 is 2.76 bits per heavy atom. The average molecular weight is 319 g/mol. The van der Waals surface area contributed by atoms with Crippen LogP contribution >= 0.6 is 23.1 Å². The molecule has 0 saturated heterocycles. The number of rotatable bonds is 6. The van der Waals surface area contributed by atoms with Crippen molar-refractivity contribution in [2.24, 2.45) is 0 Å². The van der Waals surface area contributed by atoms with Gasteiger partial charge in [-0.3, -0.25) is 14.9 Å². The highest BCUT2D eigenvalue weighted by Gasteiger charge is 2.07. The Hall–Kier alpha value is -1.99. The van der Waals surface area contributed by atoms with E-state index in [1.165, 1.54) is 36.1 Å².